The quantitative estimate of drug-likeness (QED) is 0.337. The summed E-state index contributed by atoms with van der Waals surface area (Å²) in [6.07, 6.45) is 0. The number of amides is 1. The van der Waals surface area contributed by atoms with Crippen LogP contribution in [0.1, 0.15) is 15.9 Å². The van der Waals surface area contributed by atoms with Crippen LogP contribution in [0.25, 0.3) is 0 Å². The molecule has 1 aliphatic heterocycles. The molecule has 1 heterocycles. The van der Waals surface area contributed by atoms with Crippen molar-refractivity contribution in [3.63, 3.8) is 0 Å². The third kappa shape index (κ3) is 4.98. The SMILES string of the molecule is COC(=O)c1ccc(OC)c(NC(=O)C(Br)C2=Nc3ccccc3S(=O)(=O)N2Cc2ccccc2)c1. The Morgan fingerprint density at radius 1 is 1.03 bits per heavy atom. The van der Waals surface area contributed by atoms with E-state index >= 15 is 0 Å². The van der Waals surface area contributed by atoms with Crippen LogP contribution in [0, 0.1) is 0 Å². The first-order valence-electron chi connectivity index (χ1n) is 10.7. The van der Waals surface area contributed by atoms with Crippen LogP contribution in [0.2, 0.25) is 0 Å². The van der Waals surface area contributed by atoms with E-state index in [0.29, 0.717) is 5.75 Å². The molecule has 0 saturated heterocycles. The lowest BCUT2D eigenvalue weighted by Gasteiger charge is -2.31. The summed E-state index contributed by atoms with van der Waals surface area (Å²) in [7, 11) is -1.34. The molecule has 1 atom stereocenters. The summed E-state index contributed by atoms with van der Waals surface area (Å²) >= 11 is 3.35. The molecule has 186 valence electrons. The Bertz CT molecular complexity index is 1440. The van der Waals surface area contributed by atoms with Crippen molar-refractivity contribution in [2.75, 3.05) is 19.5 Å². The van der Waals surface area contributed by atoms with E-state index in [-0.39, 0.29) is 34.2 Å². The minimum absolute atomic E-state index is 0.00172. The normalized spacial score (nSPS) is 14.8. The zero-order valence-corrected chi connectivity index (χ0v) is 21.7. The standard InChI is InChI=1S/C25H22BrN3O6S/c1-34-20-13-12-17(25(31)35-2)14-19(20)28-24(30)22(26)23-27-18-10-6-7-11-21(18)36(32,33)29(23)15-16-8-4-3-5-9-16/h3-14,22H,15H2,1-2H3,(H,28,30). The molecule has 0 aliphatic carbocycles. The molecule has 3 aromatic carbocycles. The zero-order chi connectivity index (χ0) is 25.9. The van der Waals surface area contributed by atoms with Crippen LogP contribution < -0.4 is 10.1 Å². The van der Waals surface area contributed by atoms with Crippen molar-refractivity contribution in [2.45, 2.75) is 16.3 Å². The van der Waals surface area contributed by atoms with E-state index in [0.717, 1.165) is 9.87 Å². The van der Waals surface area contributed by atoms with E-state index in [1.165, 1.54) is 38.5 Å². The number of esters is 1. The molecule has 3 aromatic rings. The van der Waals surface area contributed by atoms with Gasteiger partial charge in [-0.2, -0.15) is 0 Å². The molecule has 36 heavy (non-hydrogen) atoms. The van der Waals surface area contributed by atoms with Crippen LogP contribution in [0.4, 0.5) is 11.4 Å². The van der Waals surface area contributed by atoms with E-state index in [1.807, 2.05) is 6.07 Å². The number of nitrogens with zero attached hydrogens (tertiary/aromatic N) is 2. The van der Waals surface area contributed by atoms with Gasteiger partial charge in [0.15, 0.2) is 4.83 Å². The van der Waals surface area contributed by atoms with Crippen molar-refractivity contribution in [3.8, 4) is 5.75 Å². The first-order valence-corrected chi connectivity index (χ1v) is 13.1. The lowest BCUT2D eigenvalue weighted by atomic mass is 10.1. The number of methoxy groups -OCH3 is 2. The average Bonchev–Trinajstić information content (AvgIpc) is 2.89. The van der Waals surface area contributed by atoms with E-state index < -0.39 is 26.7 Å². The summed E-state index contributed by atoms with van der Waals surface area (Å²) in [5.41, 5.74) is 1.38. The van der Waals surface area contributed by atoms with Gasteiger partial charge < -0.3 is 14.8 Å². The summed E-state index contributed by atoms with van der Waals surface area (Å²) in [5.74, 6) is -0.891. The maximum Gasteiger partial charge on any atom is 0.337 e. The summed E-state index contributed by atoms with van der Waals surface area (Å²) in [6, 6.07) is 19.8. The van der Waals surface area contributed by atoms with E-state index in [2.05, 4.69) is 26.2 Å². The highest BCUT2D eigenvalue weighted by Gasteiger charge is 2.39. The lowest BCUT2D eigenvalue weighted by Crippen LogP contribution is -2.46. The molecule has 0 aromatic heterocycles. The highest BCUT2D eigenvalue weighted by molar-refractivity contribution is 9.10. The van der Waals surface area contributed by atoms with Crippen LogP contribution >= 0.6 is 15.9 Å². The van der Waals surface area contributed by atoms with Crippen LogP contribution in [-0.2, 0) is 26.1 Å². The van der Waals surface area contributed by atoms with Gasteiger partial charge in [-0.05, 0) is 35.9 Å². The van der Waals surface area contributed by atoms with E-state index in [1.54, 1.807) is 42.5 Å². The number of fused-ring (bicyclic) bond motifs is 1. The van der Waals surface area contributed by atoms with Crippen molar-refractivity contribution in [1.82, 2.24) is 4.31 Å². The predicted molar refractivity (Wildman–Crippen MR) is 138 cm³/mol. The minimum atomic E-state index is -4.01. The van der Waals surface area contributed by atoms with Gasteiger partial charge in [0.2, 0.25) is 5.91 Å². The summed E-state index contributed by atoms with van der Waals surface area (Å²) in [6.45, 7) is -0.0210. The van der Waals surface area contributed by atoms with Crippen LogP contribution in [0.5, 0.6) is 5.75 Å². The second-order valence-corrected chi connectivity index (χ2v) is 10.4. The zero-order valence-electron chi connectivity index (χ0n) is 19.3. The number of nitrogens with one attached hydrogen (secondary N) is 1. The minimum Gasteiger partial charge on any atom is -0.495 e. The maximum absolute atomic E-state index is 13.6. The molecule has 9 nitrogen and oxygen atoms in total. The number of rotatable bonds is 7. The molecule has 4 rings (SSSR count). The Balaban J connectivity index is 1.72. The van der Waals surface area contributed by atoms with Gasteiger partial charge in [-0.15, -0.1) is 0 Å². The molecule has 1 aliphatic rings. The Kier molecular flexibility index (Phi) is 7.41. The van der Waals surface area contributed by atoms with Gasteiger partial charge in [0.05, 0.1) is 37.7 Å². The third-order valence-electron chi connectivity index (χ3n) is 5.43. The Morgan fingerprint density at radius 2 is 1.72 bits per heavy atom. The van der Waals surface area contributed by atoms with Crippen molar-refractivity contribution in [1.29, 1.82) is 0 Å². The molecule has 0 fully saturated rings. The number of amidine groups is 1. The predicted octanol–water partition coefficient (Wildman–Crippen LogP) is 4.12. The second kappa shape index (κ2) is 10.5. The molecule has 0 saturated carbocycles. The number of ether oxygens (including phenoxy) is 2. The Hall–Kier alpha value is -3.70. The fourth-order valence-corrected chi connectivity index (χ4v) is 5.83. The van der Waals surface area contributed by atoms with Crippen LogP contribution in [0.3, 0.4) is 0 Å². The molecule has 1 unspecified atom stereocenters. The average molecular weight is 572 g/mol. The first kappa shape index (κ1) is 25.4. The Labute approximate surface area is 216 Å². The smallest absolute Gasteiger partial charge is 0.337 e. The third-order valence-corrected chi connectivity index (χ3v) is 8.05. The first-order chi connectivity index (χ1) is 17.3. The number of hydrogen-bond donors (Lipinski definition) is 1. The summed E-state index contributed by atoms with van der Waals surface area (Å²) in [5, 5.41) is 2.69. The number of halogens is 1. The van der Waals surface area contributed by atoms with Crippen molar-refractivity contribution in [3.05, 3.63) is 83.9 Å². The topological polar surface area (TPSA) is 114 Å². The van der Waals surface area contributed by atoms with Gasteiger partial charge >= 0.3 is 5.97 Å². The van der Waals surface area contributed by atoms with E-state index in [4.69, 9.17) is 9.47 Å². The van der Waals surface area contributed by atoms with Crippen LogP contribution in [-0.4, -0.2) is 49.5 Å². The van der Waals surface area contributed by atoms with Crippen molar-refractivity contribution in [2.24, 2.45) is 4.99 Å². The number of hydrogen-bond acceptors (Lipinski definition) is 7. The molecule has 1 N–H and O–H groups in total. The van der Waals surface area contributed by atoms with Gasteiger partial charge in [-0.1, -0.05) is 58.4 Å². The molecule has 11 heteroatoms. The number of sulfonamides is 1. The number of carbonyl (C=O) groups is 2. The molecular weight excluding hydrogens is 550 g/mol. The largest absolute Gasteiger partial charge is 0.495 e. The fraction of sp³-hybridized carbons (Fsp3) is 0.160. The van der Waals surface area contributed by atoms with Gasteiger partial charge in [-0.3, -0.25) is 4.79 Å². The highest BCUT2D eigenvalue weighted by atomic mass is 79.9. The molecule has 0 radical (unpaired) electrons. The number of carbonyl (C=O) groups excluding carboxylic acids is 2. The summed E-state index contributed by atoms with van der Waals surface area (Å²) < 4.78 is 38.3. The second-order valence-electron chi connectivity index (χ2n) is 7.69. The number of benzene rings is 3. The monoisotopic (exact) mass is 571 g/mol. The van der Waals surface area contributed by atoms with Crippen LogP contribution in [0.15, 0.2) is 82.7 Å². The lowest BCUT2D eigenvalue weighted by molar-refractivity contribution is -0.114. The molecule has 1 amide bonds. The van der Waals surface area contributed by atoms with Gasteiger partial charge in [0.25, 0.3) is 10.0 Å². The maximum atomic E-state index is 13.6. The van der Waals surface area contributed by atoms with Crippen molar-refractivity contribution < 1.29 is 27.5 Å². The summed E-state index contributed by atoms with van der Waals surface area (Å²) in [4.78, 5) is 28.7. The Morgan fingerprint density at radius 3 is 2.42 bits per heavy atom. The van der Waals surface area contributed by atoms with Gasteiger partial charge in [-0.25, -0.2) is 22.5 Å². The number of para-hydroxylation sites is 1. The molecular formula is C25H22BrN3O6S. The van der Waals surface area contributed by atoms with Gasteiger partial charge in [0, 0.05) is 0 Å². The molecule has 0 spiro atoms. The van der Waals surface area contributed by atoms with Crippen molar-refractivity contribution >= 4 is 55.0 Å². The van der Waals surface area contributed by atoms with Gasteiger partial charge in [0.1, 0.15) is 16.5 Å². The van der Waals surface area contributed by atoms with E-state index in [9.17, 15) is 18.0 Å². The highest BCUT2D eigenvalue weighted by Crippen LogP contribution is 2.35. The number of aliphatic imine (C=N–C) groups is 1. The number of alkyl halides is 1. The number of anilines is 1. The molecule has 0 bridgehead atoms. The fourth-order valence-electron chi connectivity index (χ4n) is 3.65.